The van der Waals surface area contributed by atoms with Gasteiger partial charge in [-0.2, -0.15) is 0 Å². The van der Waals surface area contributed by atoms with Crippen LogP contribution in [0.25, 0.3) is 0 Å². The van der Waals surface area contributed by atoms with Crippen LogP contribution in [0.5, 0.6) is 5.75 Å². The Kier molecular flexibility index (Phi) is 4.63. The Morgan fingerprint density at radius 1 is 0.810 bits per heavy atom. The number of nitrogens with one attached hydrogen (secondary N) is 1. The Balaban J connectivity index is 2.02. The van der Waals surface area contributed by atoms with Crippen molar-refractivity contribution in [1.82, 2.24) is 5.32 Å². The smallest absolute Gasteiger partial charge is 0.129 e. The molecule has 0 aromatic heterocycles. The molecule has 2 rings (SSSR count). The van der Waals surface area contributed by atoms with E-state index < -0.39 is 0 Å². The van der Waals surface area contributed by atoms with Crippen LogP contribution in [0, 0.1) is 33.5 Å². The second-order valence-electron chi connectivity index (χ2n) is 5.73. The maximum absolute atomic E-state index is 13.6. The number of aryl methyl sites for hydroxylation is 4. The molecule has 21 heavy (non-hydrogen) atoms. The lowest BCUT2D eigenvalue weighted by molar-refractivity contribution is 0.466. The summed E-state index contributed by atoms with van der Waals surface area (Å²) in [6, 6.07) is 7.72. The van der Waals surface area contributed by atoms with E-state index in [4.69, 9.17) is 0 Å². The van der Waals surface area contributed by atoms with Gasteiger partial charge in [-0.3, -0.25) is 0 Å². The van der Waals surface area contributed by atoms with Crippen molar-refractivity contribution >= 4 is 0 Å². The van der Waals surface area contributed by atoms with Crippen LogP contribution in [0.4, 0.5) is 4.39 Å². The van der Waals surface area contributed by atoms with Crippen molar-refractivity contribution in [2.45, 2.75) is 40.8 Å². The molecule has 0 aliphatic rings. The van der Waals surface area contributed by atoms with E-state index in [1.807, 2.05) is 38.1 Å². The predicted octanol–water partition coefficient (Wildman–Crippen LogP) is 4.05. The summed E-state index contributed by atoms with van der Waals surface area (Å²) in [5.74, 6) is 0.243. The zero-order chi connectivity index (χ0) is 15.6. The summed E-state index contributed by atoms with van der Waals surface area (Å²) in [4.78, 5) is 0. The van der Waals surface area contributed by atoms with Crippen molar-refractivity contribution in [2.24, 2.45) is 0 Å². The molecule has 0 unspecified atom stereocenters. The van der Waals surface area contributed by atoms with Crippen LogP contribution in [0.2, 0.25) is 0 Å². The van der Waals surface area contributed by atoms with Crippen LogP contribution in [0.1, 0.15) is 33.4 Å². The molecule has 0 heterocycles. The maximum Gasteiger partial charge on any atom is 0.129 e. The highest BCUT2D eigenvalue weighted by atomic mass is 19.1. The largest absolute Gasteiger partial charge is 0.507 e. The number of rotatable bonds is 4. The van der Waals surface area contributed by atoms with Crippen molar-refractivity contribution in [3.05, 3.63) is 63.5 Å². The van der Waals surface area contributed by atoms with E-state index in [-0.39, 0.29) is 5.82 Å². The molecule has 0 spiro atoms. The van der Waals surface area contributed by atoms with Gasteiger partial charge < -0.3 is 10.4 Å². The first-order valence-electron chi connectivity index (χ1n) is 7.14. The standard InChI is InChI=1S/C18H22FNO/c1-11-5-15(6-12(2)17(11)19)9-20-10-16-7-13(3)18(21)14(4)8-16/h5-8,20-21H,9-10H2,1-4H3. The number of hydrogen-bond donors (Lipinski definition) is 2. The van der Waals surface area contributed by atoms with Crippen LogP contribution in [-0.4, -0.2) is 5.11 Å². The van der Waals surface area contributed by atoms with Gasteiger partial charge in [0.25, 0.3) is 0 Å². The zero-order valence-electron chi connectivity index (χ0n) is 13.0. The van der Waals surface area contributed by atoms with Crippen molar-refractivity contribution in [2.75, 3.05) is 0 Å². The fourth-order valence-corrected chi connectivity index (χ4v) is 2.64. The molecular formula is C18H22FNO. The average molecular weight is 287 g/mol. The molecule has 2 aromatic carbocycles. The van der Waals surface area contributed by atoms with Crippen molar-refractivity contribution in [1.29, 1.82) is 0 Å². The molecule has 0 aliphatic heterocycles. The maximum atomic E-state index is 13.6. The Morgan fingerprint density at radius 3 is 1.62 bits per heavy atom. The van der Waals surface area contributed by atoms with Gasteiger partial charge in [-0.05, 0) is 61.1 Å². The van der Waals surface area contributed by atoms with Gasteiger partial charge in [0.15, 0.2) is 0 Å². The second kappa shape index (κ2) is 6.27. The summed E-state index contributed by atoms with van der Waals surface area (Å²) in [6.45, 7) is 8.80. The monoisotopic (exact) mass is 287 g/mol. The number of benzene rings is 2. The van der Waals surface area contributed by atoms with E-state index in [9.17, 15) is 9.50 Å². The predicted molar refractivity (Wildman–Crippen MR) is 84.0 cm³/mol. The Bertz CT molecular complexity index is 561. The molecule has 0 fully saturated rings. The van der Waals surface area contributed by atoms with E-state index in [1.54, 1.807) is 13.8 Å². The lowest BCUT2D eigenvalue weighted by Gasteiger charge is -2.11. The van der Waals surface area contributed by atoms with E-state index in [1.165, 1.54) is 0 Å². The molecule has 2 nitrogen and oxygen atoms in total. The Labute approximate surface area is 125 Å². The molecule has 2 aromatic rings. The summed E-state index contributed by atoms with van der Waals surface area (Å²) in [7, 11) is 0. The molecule has 0 radical (unpaired) electrons. The van der Waals surface area contributed by atoms with Gasteiger partial charge in [-0.1, -0.05) is 24.3 Å². The van der Waals surface area contributed by atoms with Crippen LogP contribution >= 0.6 is 0 Å². The van der Waals surface area contributed by atoms with Crippen molar-refractivity contribution < 1.29 is 9.50 Å². The molecule has 0 atom stereocenters. The van der Waals surface area contributed by atoms with E-state index in [2.05, 4.69) is 5.32 Å². The van der Waals surface area contributed by atoms with Crippen molar-refractivity contribution in [3.8, 4) is 5.75 Å². The highest BCUT2D eigenvalue weighted by Gasteiger charge is 2.05. The molecule has 0 aliphatic carbocycles. The first kappa shape index (κ1) is 15.5. The van der Waals surface area contributed by atoms with Gasteiger partial charge in [0.2, 0.25) is 0 Å². The SMILES string of the molecule is Cc1cc(CNCc2cc(C)c(F)c(C)c2)cc(C)c1O. The third-order valence-electron chi connectivity index (χ3n) is 3.71. The molecule has 0 saturated heterocycles. The quantitative estimate of drug-likeness (QED) is 0.889. The van der Waals surface area contributed by atoms with Crippen LogP contribution in [0.3, 0.4) is 0 Å². The molecule has 0 bridgehead atoms. The third-order valence-corrected chi connectivity index (χ3v) is 3.71. The van der Waals surface area contributed by atoms with E-state index in [0.29, 0.717) is 23.4 Å². The molecule has 2 N–H and O–H groups in total. The normalized spacial score (nSPS) is 10.9. The molecular weight excluding hydrogens is 265 g/mol. The molecule has 112 valence electrons. The first-order chi connectivity index (χ1) is 9.88. The number of hydrogen-bond acceptors (Lipinski definition) is 2. The van der Waals surface area contributed by atoms with Gasteiger partial charge in [-0.25, -0.2) is 4.39 Å². The van der Waals surface area contributed by atoms with E-state index >= 15 is 0 Å². The Hall–Kier alpha value is -1.87. The van der Waals surface area contributed by atoms with Crippen LogP contribution in [0.15, 0.2) is 24.3 Å². The zero-order valence-corrected chi connectivity index (χ0v) is 13.0. The average Bonchev–Trinajstić information content (AvgIpc) is 2.42. The Morgan fingerprint density at radius 2 is 1.19 bits per heavy atom. The minimum atomic E-state index is -0.122. The summed E-state index contributed by atoms with van der Waals surface area (Å²) < 4.78 is 13.6. The highest BCUT2D eigenvalue weighted by Crippen LogP contribution is 2.23. The fraction of sp³-hybridized carbons (Fsp3) is 0.333. The molecule has 0 saturated carbocycles. The van der Waals surface area contributed by atoms with Crippen LogP contribution in [-0.2, 0) is 13.1 Å². The van der Waals surface area contributed by atoms with Gasteiger partial charge >= 0.3 is 0 Å². The highest BCUT2D eigenvalue weighted by molar-refractivity contribution is 5.42. The number of phenolic OH excluding ortho intramolecular Hbond substituents is 1. The number of aromatic hydroxyl groups is 1. The minimum Gasteiger partial charge on any atom is -0.507 e. The van der Waals surface area contributed by atoms with Gasteiger partial charge in [0, 0.05) is 13.1 Å². The lowest BCUT2D eigenvalue weighted by Crippen LogP contribution is -2.13. The summed E-state index contributed by atoms with van der Waals surface area (Å²) >= 11 is 0. The van der Waals surface area contributed by atoms with Crippen LogP contribution < -0.4 is 5.32 Å². The van der Waals surface area contributed by atoms with Gasteiger partial charge in [0.05, 0.1) is 0 Å². The number of phenols is 1. The van der Waals surface area contributed by atoms with E-state index in [0.717, 1.165) is 28.8 Å². The molecule has 0 amide bonds. The van der Waals surface area contributed by atoms with Crippen molar-refractivity contribution in [3.63, 3.8) is 0 Å². The topological polar surface area (TPSA) is 32.3 Å². The number of halogens is 1. The van der Waals surface area contributed by atoms with Gasteiger partial charge in [-0.15, -0.1) is 0 Å². The minimum absolute atomic E-state index is 0.122. The second-order valence-corrected chi connectivity index (χ2v) is 5.73. The summed E-state index contributed by atoms with van der Waals surface area (Å²) in [6.07, 6.45) is 0. The first-order valence-corrected chi connectivity index (χ1v) is 7.14. The van der Waals surface area contributed by atoms with Gasteiger partial charge in [0.1, 0.15) is 11.6 Å². The molecule has 3 heteroatoms. The summed E-state index contributed by atoms with van der Waals surface area (Å²) in [5.41, 5.74) is 5.36. The summed E-state index contributed by atoms with van der Waals surface area (Å²) in [5, 5.41) is 13.1. The fourth-order valence-electron chi connectivity index (χ4n) is 2.64. The third kappa shape index (κ3) is 3.61. The lowest BCUT2D eigenvalue weighted by atomic mass is 10.0.